The number of carbonyl (C=O) groups excluding carboxylic acids is 1. The van der Waals surface area contributed by atoms with E-state index in [4.69, 9.17) is 11.6 Å². The molecule has 1 aromatic rings. The molecule has 0 saturated carbocycles. The van der Waals surface area contributed by atoms with Crippen molar-refractivity contribution in [2.75, 3.05) is 13.1 Å². The Morgan fingerprint density at radius 1 is 1.61 bits per heavy atom. The molecular weight excluding hydrogens is 252 g/mol. The van der Waals surface area contributed by atoms with Gasteiger partial charge in [-0.1, -0.05) is 24.9 Å². The Hall–Kier alpha value is -1.13. The van der Waals surface area contributed by atoms with Crippen molar-refractivity contribution in [1.29, 1.82) is 0 Å². The van der Waals surface area contributed by atoms with Gasteiger partial charge in [-0.3, -0.25) is 4.79 Å². The number of aromatic nitrogens is 1. The number of hydrogen-bond acceptors (Lipinski definition) is 3. The number of aliphatic hydroxyl groups is 1. The number of carbonyl (C=O) groups is 1. The lowest BCUT2D eigenvalue weighted by Gasteiger charge is -2.16. The smallest absolute Gasteiger partial charge is 0.254 e. The molecule has 0 aromatic carbocycles. The fourth-order valence-electron chi connectivity index (χ4n) is 2.17. The van der Waals surface area contributed by atoms with Crippen LogP contribution in [0.15, 0.2) is 12.1 Å². The summed E-state index contributed by atoms with van der Waals surface area (Å²) in [6.45, 7) is 3.06. The number of nitrogens with zero attached hydrogens (tertiary/aromatic N) is 2. The SMILES string of the molecule is CCCc1cc(C(=O)N2CCC(O)C2)cc(Cl)n1. The van der Waals surface area contributed by atoms with Gasteiger partial charge in [0.25, 0.3) is 5.91 Å². The molecule has 1 unspecified atom stereocenters. The van der Waals surface area contributed by atoms with Gasteiger partial charge in [0.1, 0.15) is 5.15 Å². The minimum Gasteiger partial charge on any atom is -0.391 e. The van der Waals surface area contributed by atoms with Crippen molar-refractivity contribution in [2.45, 2.75) is 32.3 Å². The lowest BCUT2D eigenvalue weighted by Crippen LogP contribution is -2.29. The van der Waals surface area contributed by atoms with E-state index in [9.17, 15) is 9.90 Å². The zero-order valence-corrected chi connectivity index (χ0v) is 11.2. The minimum atomic E-state index is -0.402. The third-order valence-electron chi connectivity index (χ3n) is 3.05. The second-order valence-electron chi connectivity index (χ2n) is 4.61. The highest BCUT2D eigenvalue weighted by Crippen LogP contribution is 2.17. The Labute approximate surface area is 112 Å². The molecule has 0 spiro atoms. The molecule has 1 fully saturated rings. The Kier molecular flexibility index (Phi) is 4.19. The summed E-state index contributed by atoms with van der Waals surface area (Å²) in [6, 6.07) is 3.39. The second-order valence-corrected chi connectivity index (χ2v) is 5.00. The quantitative estimate of drug-likeness (QED) is 0.852. The lowest BCUT2D eigenvalue weighted by atomic mass is 10.1. The van der Waals surface area contributed by atoms with Crippen molar-refractivity contribution in [3.05, 3.63) is 28.5 Å². The molecule has 0 aliphatic carbocycles. The van der Waals surface area contributed by atoms with E-state index in [1.807, 2.05) is 0 Å². The van der Waals surface area contributed by atoms with E-state index in [0.717, 1.165) is 18.5 Å². The summed E-state index contributed by atoms with van der Waals surface area (Å²) in [5.74, 6) is -0.0757. The number of amides is 1. The van der Waals surface area contributed by atoms with E-state index in [2.05, 4.69) is 11.9 Å². The van der Waals surface area contributed by atoms with Gasteiger partial charge in [-0.2, -0.15) is 0 Å². The predicted molar refractivity (Wildman–Crippen MR) is 69.8 cm³/mol. The van der Waals surface area contributed by atoms with E-state index >= 15 is 0 Å². The average molecular weight is 269 g/mol. The zero-order chi connectivity index (χ0) is 13.1. The number of pyridine rings is 1. The van der Waals surface area contributed by atoms with Crippen molar-refractivity contribution in [3.63, 3.8) is 0 Å². The number of β-amino-alcohol motifs (C(OH)–C–C–N with tert-alkyl or cyclic N) is 1. The normalized spacial score (nSPS) is 19.3. The van der Waals surface area contributed by atoms with Crippen LogP contribution in [-0.4, -0.2) is 40.1 Å². The van der Waals surface area contributed by atoms with Gasteiger partial charge >= 0.3 is 0 Å². The van der Waals surface area contributed by atoms with E-state index in [-0.39, 0.29) is 5.91 Å². The minimum absolute atomic E-state index is 0.0757. The number of likely N-dealkylation sites (tertiary alicyclic amines) is 1. The maximum absolute atomic E-state index is 12.2. The molecule has 0 bridgehead atoms. The van der Waals surface area contributed by atoms with Crippen LogP contribution in [0.3, 0.4) is 0 Å². The molecular formula is C13H17ClN2O2. The molecule has 1 aliphatic heterocycles. The van der Waals surface area contributed by atoms with E-state index < -0.39 is 6.10 Å². The van der Waals surface area contributed by atoms with Crippen LogP contribution in [0.5, 0.6) is 0 Å². The van der Waals surface area contributed by atoms with Crippen LogP contribution in [0.1, 0.15) is 35.8 Å². The van der Waals surface area contributed by atoms with Crippen LogP contribution in [0.25, 0.3) is 0 Å². The largest absolute Gasteiger partial charge is 0.391 e. The van der Waals surface area contributed by atoms with Crippen LogP contribution < -0.4 is 0 Å². The lowest BCUT2D eigenvalue weighted by molar-refractivity contribution is 0.0764. The summed E-state index contributed by atoms with van der Waals surface area (Å²) in [4.78, 5) is 18.1. The molecule has 1 saturated heterocycles. The summed E-state index contributed by atoms with van der Waals surface area (Å²) in [6.07, 6.45) is 2.01. The zero-order valence-electron chi connectivity index (χ0n) is 10.4. The summed E-state index contributed by atoms with van der Waals surface area (Å²) >= 11 is 5.93. The maximum atomic E-state index is 12.2. The third-order valence-corrected chi connectivity index (χ3v) is 3.24. The van der Waals surface area contributed by atoms with Crippen molar-refractivity contribution < 1.29 is 9.90 Å². The first kappa shape index (κ1) is 13.3. The van der Waals surface area contributed by atoms with Gasteiger partial charge in [0.2, 0.25) is 0 Å². The number of aliphatic hydroxyl groups excluding tert-OH is 1. The molecule has 2 rings (SSSR count). The number of rotatable bonds is 3. The van der Waals surface area contributed by atoms with Gasteiger partial charge in [-0.05, 0) is 25.0 Å². The molecule has 1 amide bonds. The van der Waals surface area contributed by atoms with Crippen LogP contribution in [-0.2, 0) is 6.42 Å². The summed E-state index contributed by atoms with van der Waals surface area (Å²) < 4.78 is 0. The average Bonchev–Trinajstić information content (AvgIpc) is 2.74. The van der Waals surface area contributed by atoms with Gasteiger partial charge in [-0.15, -0.1) is 0 Å². The fraction of sp³-hybridized carbons (Fsp3) is 0.538. The molecule has 1 N–H and O–H groups in total. The summed E-state index contributed by atoms with van der Waals surface area (Å²) in [5, 5.41) is 9.81. The number of hydrogen-bond donors (Lipinski definition) is 1. The van der Waals surface area contributed by atoms with Crippen molar-refractivity contribution in [3.8, 4) is 0 Å². The molecule has 1 aromatic heterocycles. The molecule has 98 valence electrons. The third kappa shape index (κ3) is 3.00. The van der Waals surface area contributed by atoms with Crippen LogP contribution in [0, 0.1) is 0 Å². The number of aryl methyl sites for hydroxylation is 1. The van der Waals surface area contributed by atoms with Gasteiger partial charge in [-0.25, -0.2) is 4.98 Å². The highest BCUT2D eigenvalue weighted by atomic mass is 35.5. The summed E-state index contributed by atoms with van der Waals surface area (Å²) in [5.41, 5.74) is 1.40. The molecule has 4 nitrogen and oxygen atoms in total. The monoisotopic (exact) mass is 268 g/mol. The summed E-state index contributed by atoms with van der Waals surface area (Å²) in [7, 11) is 0. The highest BCUT2D eigenvalue weighted by molar-refractivity contribution is 6.29. The molecule has 0 radical (unpaired) electrons. The van der Waals surface area contributed by atoms with Gasteiger partial charge in [0, 0.05) is 24.3 Å². The van der Waals surface area contributed by atoms with Crippen LogP contribution in [0.4, 0.5) is 0 Å². The standard InChI is InChI=1S/C13H17ClN2O2/c1-2-3-10-6-9(7-12(14)15-10)13(18)16-5-4-11(17)8-16/h6-7,11,17H,2-5,8H2,1H3. The maximum Gasteiger partial charge on any atom is 0.254 e. The first-order valence-electron chi connectivity index (χ1n) is 6.24. The molecule has 1 aliphatic rings. The molecule has 2 heterocycles. The number of halogens is 1. The topological polar surface area (TPSA) is 53.4 Å². The fourth-order valence-corrected chi connectivity index (χ4v) is 2.39. The van der Waals surface area contributed by atoms with Gasteiger partial charge < -0.3 is 10.0 Å². The second kappa shape index (κ2) is 5.67. The predicted octanol–water partition coefficient (Wildman–Crippen LogP) is 1.89. The van der Waals surface area contributed by atoms with E-state index in [1.165, 1.54) is 0 Å². The van der Waals surface area contributed by atoms with Crippen molar-refractivity contribution >= 4 is 17.5 Å². The Bertz CT molecular complexity index is 451. The Morgan fingerprint density at radius 2 is 2.39 bits per heavy atom. The van der Waals surface area contributed by atoms with E-state index in [1.54, 1.807) is 17.0 Å². The van der Waals surface area contributed by atoms with Gasteiger partial charge in [0.15, 0.2) is 0 Å². The van der Waals surface area contributed by atoms with Gasteiger partial charge in [0.05, 0.1) is 6.10 Å². The Morgan fingerprint density at radius 3 is 3.00 bits per heavy atom. The van der Waals surface area contributed by atoms with E-state index in [0.29, 0.717) is 30.2 Å². The first-order valence-corrected chi connectivity index (χ1v) is 6.61. The Balaban J connectivity index is 2.19. The first-order chi connectivity index (χ1) is 8.60. The van der Waals surface area contributed by atoms with Crippen molar-refractivity contribution in [2.24, 2.45) is 0 Å². The molecule has 1 atom stereocenters. The molecule has 18 heavy (non-hydrogen) atoms. The van der Waals surface area contributed by atoms with Crippen molar-refractivity contribution in [1.82, 2.24) is 9.88 Å². The van der Waals surface area contributed by atoms with Crippen LogP contribution >= 0.6 is 11.6 Å². The van der Waals surface area contributed by atoms with Crippen LogP contribution in [0.2, 0.25) is 5.15 Å². The highest BCUT2D eigenvalue weighted by Gasteiger charge is 2.25. The molecule has 5 heteroatoms.